The van der Waals surface area contributed by atoms with Crippen LogP contribution in [0.4, 0.5) is 0 Å². The van der Waals surface area contributed by atoms with E-state index in [4.69, 9.17) is 40.4 Å². The van der Waals surface area contributed by atoms with Gasteiger partial charge in [-0.15, -0.1) is 12.2 Å². The number of thiol groups is 2. The Kier molecular flexibility index (Phi) is 7.67. The molecule has 0 aliphatic heterocycles. The van der Waals surface area contributed by atoms with E-state index in [1.807, 2.05) is 19.1 Å². The average molecular weight is 343 g/mol. The van der Waals surface area contributed by atoms with Crippen LogP contribution in [-0.2, 0) is 16.5 Å². The molecule has 6 heteroatoms. The maximum atomic E-state index is 5.94. The van der Waals surface area contributed by atoms with Gasteiger partial charge in [0.15, 0.2) is 0 Å². The van der Waals surface area contributed by atoms with Crippen molar-refractivity contribution in [2.45, 2.75) is 18.7 Å². The van der Waals surface area contributed by atoms with Crippen molar-refractivity contribution in [3.05, 3.63) is 29.3 Å². The Morgan fingerprint density at radius 3 is 2.44 bits per heavy atom. The molecule has 1 rings (SSSR count). The molecule has 18 heavy (non-hydrogen) atoms. The van der Waals surface area contributed by atoms with Crippen LogP contribution in [0.5, 0.6) is 0 Å². The van der Waals surface area contributed by atoms with E-state index in [0.717, 1.165) is 30.2 Å². The topological polar surface area (TPSA) is 9.23 Å². The number of halogens is 1. The summed E-state index contributed by atoms with van der Waals surface area (Å²) < 4.78 is 3.89. The van der Waals surface area contributed by atoms with Gasteiger partial charge >= 0.3 is 0 Å². The Labute approximate surface area is 128 Å². The summed E-state index contributed by atoms with van der Waals surface area (Å²) in [6.45, 7) is 5.68. The monoisotopic (exact) mass is 342 g/mol. The number of hydrogen-bond donors (Lipinski definition) is 2. The third-order valence-corrected chi connectivity index (χ3v) is 15.6. The third-order valence-electron chi connectivity index (χ3n) is 2.57. The summed E-state index contributed by atoms with van der Waals surface area (Å²) >= 11 is 16.5. The third kappa shape index (κ3) is 5.07. The zero-order chi connectivity index (χ0) is 13.6. The molecule has 0 fully saturated rings. The van der Waals surface area contributed by atoms with E-state index in [9.17, 15) is 0 Å². The van der Waals surface area contributed by atoms with Crippen molar-refractivity contribution >= 4 is 50.6 Å². The molecule has 0 aromatic heterocycles. The first-order valence-corrected chi connectivity index (χ1v) is 12.7. The summed E-state index contributed by atoms with van der Waals surface area (Å²) in [6.07, 6.45) is 0.978. The SMILES string of the molecule is CCOCC[SH](c1ccc(Cl)cc1)P(=S)(S)CC. The van der Waals surface area contributed by atoms with Crippen LogP contribution in [0.1, 0.15) is 13.8 Å². The van der Waals surface area contributed by atoms with Crippen LogP contribution in [0.2, 0.25) is 5.02 Å². The summed E-state index contributed by atoms with van der Waals surface area (Å²) in [7, 11) is -0.417. The second-order valence-electron chi connectivity index (χ2n) is 3.78. The Morgan fingerprint density at radius 2 is 1.94 bits per heavy atom. The lowest BCUT2D eigenvalue weighted by molar-refractivity contribution is 0.164. The molecule has 2 atom stereocenters. The zero-order valence-electron chi connectivity index (χ0n) is 10.7. The van der Waals surface area contributed by atoms with Crippen molar-refractivity contribution in [3.63, 3.8) is 0 Å². The smallest absolute Gasteiger partial charge is 0.0546 e. The zero-order valence-corrected chi connectivity index (χ0v) is 14.9. The minimum Gasteiger partial charge on any atom is -0.381 e. The molecule has 0 bridgehead atoms. The second kappa shape index (κ2) is 8.18. The summed E-state index contributed by atoms with van der Waals surface area (Å²) in [5.74, 6) is 0.999. The van der Waals surface area contributed by atoms with Gasteiger partial charge in [0, 0.05) is 21.8 Å². The van der Waals surface area contributed by atoms with E-state index in [-0.39, 0.29) is 0 Å². The molecule has 0 heterocycles. The lowest BCUT2D eigenvalue weighted by atomic mass is 10.4. The maximum Gasteiger partial charge on any atom is 0.0546 e. The Balaban J connectivity index is 2.89. The van der Waals surface area contributed by atoms with Crippen molar-refractivity contribution in [2.24, 2.45) is 0 Å². The van der Waals surface area contributed by atoms with E-state index in [0.29, 0.717) is 0 Å². The van der Waals surface area contributed by atoms with Gasteiger partial charge in [0.05, 0.1) is 6.61 Å². The van der Waals surface area contributed by atoms with Gasteiger partial charge in [-0.25, -0.2) is 0 Å². The Morgan fingerprint density at radius 1 is 1.33 bits per heavy atom. The van der Waals surface area contributed by atoms with E-state index >= 15 is 0 Å². The molecule has 2 unspecified atom stereocenters. The van der Waals surface area contributed by atoms with Crippen LogP contribution in [0, 0.1) is 0 Å². The van der Waals surface area contributed by atoms with E-state index < -0.39 is 15.0 Å². The Bertz CT molecular complexity index is 410. The number of benzene rings is 1. The molecular formula is C12H20ClOPS3. The normalized spacial score (nSPS) is 17.2. The fraction of sp³-hybridized carbons (Fsp3) is 0.500. The molecule has 1 aromatic carbocycles. The largest absolute Gasteiger partial charge is 0.381 e. The number of ether oxygens (including phenoxy) is 1. The van der Waals surface area contributed by atoms with Gasteiger partial charge < -0.3 is 4.74 Å². The van der Waals surface area contributed by atoms with Crippen molar-refractivity contribution in [3.8, 4) is 0 Å². The van der Waals surface area contributed by atoms with Gasteiger partial charge in [0.1, 0.15) is 0 Å². The van der Waals surface area contributed by atoms with Gasteiger partial charge in [-0.3, -0.25) is 0 Å². The first-order valence-electron chi connectivity index (χ1n) is 5.94. The molecule has 0 N–H and O–H groups in total. The quantitative estimate of drug-likeness (QED) is 0.410. The maximum absolute atomic E-state index is 5.94. The summed E-state index contributed by atoms with van der Waals surface area (Å²) in [4.78, 5) is 1.30. The fourth-order valence-electron chi connectivity index (χ4n) is 1.55. The van der Waals surface area contributed by atoms with E-state index in [1.54, 1.807) is 0 Å². The van der Waals surface area contributed by atoms with Gasteiger partial charge in [-0.2, -0.15) is 10.5 Å². The van der Waals surface area contributed by atoms with Crippen molar-refractivity contribution in [2.75, 3.05) is 25.1 Å². The molecule has 0 aliphatic rings. The molecule has 0 radical (unpaired) electrons. The number of hydrogen-bond acceptors (Lipinski definition) is 2. The van der Waals surface area contributed by atoms with E-state index in [1.165, 1.54) is 4.90 Å². The molecule has 0 spiro atoms. The summed E-state index contributed by atoms with van der Waals surface area (Å²) in [5.41, 5.74) is 0. The van der Waals surface area contributed by atoms with Crippen LogP contribution in [-0.4, -0.2) is 25.1 Å². The van der Waals surface area contributed by atoms with E-state index in [2.05, 4.69) is 19.1 Å². The predicted molar refractivity (Wildman–Crippen MR) is 93.9 cm³/mol. The highest BCUT2D eigenvalue weighted by atomic mass is 35.5. The summed E-state index contributed by atoms with van der Waals surface area (Å²) in [5, 5.41) is 0.766. The van der Waals surface area contributed by atoms with Gasteiger partial charge in [-0.05, 0) is 42.2 Å². The highest BCUT2D eigenvalue weighted by molar-refractivity contribution is 9.01. The highest BCUT2D eigenvalue weighted by Crippen LogP contribution is 2.75. The lowest BCUT2D eigenvalue weighted by Gasteiger charge is -2.30. The molecule has 1 aromatic rings. The van der Waals surface area contributed by atoms with Crippen LogP contribution in [0.3, 0.4) is 0 Å². The molecular weight excluding hydrogens is 323 g/mol. The van der Waals surface area contributed by atoms with Gasteiger partial charge in [0.25, 0.3) is 0 Å². The molecule has 1 nitrogen and oxygen atoms in total. The van der Waals surface area contributed by atoms with Crippen LogP contribution >= 0.6 is 38.8 Å². The van der Waals surface area contributed by atoms with Crippen molar-refractivity contribution < 1.29 is 4.74 Å². The summed E-state index contributed by atoms with van der Waals surface area (Å²) in [6, 6.07) is 8.05. The van der Waals surface area contributed by atoms with Crippen LogP contribution < -0.4 is 0 Å². The lowest BCUT2D eigenvalue weighted by Crippen LogP contribution is -2.01. The average Bonchev–Trinajstić information content (AvgIpc) is 2.36. The highest BCUT2D eigenvalue weighted by Gasteiger charge is 2.20. The fourth-order valence-corrected chi connectivity index (χ4v) is 10.7. The first kappa shape index (κ1) is 16.9. The number of rotatable bonds is 7. The molecule has 0 saturated carbocycles. The minimum absolute atomic E-state index is 0.417. The van der Waals surface area contributed by atoms with Gasteiger partial charge in [0.2, 0.25) is 0 Å². The standard InChI is InChI=1S/C12H20ClOPS3/c1-3-14-9-10-18(15(16,17)4-2)12-7-5-11(13)6-8-12/h5-8,18H,3-4,9-10H2,1-2H3,(H,16,17). The second-order valence-corrected chi connectivity index (χ2v) is 17.9. The molecule has 0 saturated heterocycles. The van der Waals surface area contributed by atoms with Gasteiger partial charge in [-0.1, -0.05) is 30.3 Å². The molecule has 0 aliphatic carbocycles. The molecule has 104 valence electrons. The first-order chi connectivity index (χ1) is 8.51. The van der Waals surface area contributed by atoms with Crippen LogP contribution in [0.15, 0.2) is 29.2 Å². The van der Waals surface area contributed by atoms with Crippen molar-refractivity contribution in [1.82, 2.24) is 0 Å². The van der Waals surface area contributed by atoms with Crippen molar-refractivity contribution in [1.29, 1.82) is 0 Å². The molecule has 0 amide bonds. The Hall–Kier alpha value is 0.820. The predicted octanol–water partition coefficient (Wildman–Crippen LogP) is 5.00. The van der Waals surface area contributed by atoms with Crippen LogP contribution in [0.25, 0.3) is 0 Å². The minimum atomic E-state index is -1.59.